The lowest BCUT2D eigenvalue weighted by Gasteiger charge is -2.21. The molecule has 0 atom stereocenters. The lowest BCUT2D eigenvalue weighted by molar-refractivity contribution is -0.185. The van der Waals surface area contributed by atoms with Crippen molar-refractivity contribution in [2.45, 2.75) is 19.2 Å². The van der Waals surface area contributed by atoms with Crippen LogP contribution in [0.25, 0.3) is 17.1 Å². The molecule has 2 aromatic heterocycles. The molecule has 0 fully saturated rings. The Labute approximate surface area is 226 Å². The first-order chi connectivity index (χ1) is 18.5. The zero-order chi connectivity index (χ0) is 28.4. The van der Waals surface area contributed by atoms with Crippen LogP contribution >= 0.6 is 15.9 Å². The number of alkyl halides is 5. The van der Waals surface area contributed by atoms with Crippen LogP contribution in [0.4, 0.5) is 22.0 Å². The first-order valence-electron chi connectivity index (χ1n) is 11.2. The molecule has 0 radical (unpaired) electrons. The number of carbonyl (C=O) groups excluding carboxylic acids is 2. The summed E-state index contributed by atoms with van der Waals surface area (Å²) in [5.74, 6) is -1.90. The van der Waals surface area contributed by atoms with Crippen molar-refractivity contribution in [3.63, 3.8) is 0 Å². The van der Waals surface area contributed by atoms with E-state index in [0.29, 0.717) is 9.15 Å². The fourth-order valence-electron chi connectivity index (χ4n) is 3.70. The van der Waals surface area contributed by atoms with Gasteiger partial charge in [-0.15, -0.1) is 0 Å². The maximum atomic E-state index is 15.2. The molecule has 0 bridgehead atoms. The SMILES string of the molecule is CCOC(=O)c1cnn(-c2cccc(-c3ccccc3OC(F)(F)c3ccc(Br)cc3C=O)n2)c1C(F)(F)F. The van der Waals surface area contributed by atoms with E-state index in [0.717, 1.165) is 12.3 Å². The van der Waals surface area contributed by atoms with E-state index in [1.807, 2.05) is 0 Å². The van der Waals surface area contributed by atoms with Crippen LogP contribution in [0.5, 0.6) is 5.75 Å². The van der Waals surface area contributed by atoms with Gasteiger partial charge in [0.25, 0.3) is 0 Å². The number of aromatic nitrogens is 3. The highest BCUT2D eigenvalue weighted by atomic mass is 79.9. The van der Waals surface area contributed by atoms with Crippen molar-refractivity contribution in [3.05, 3.63) is 93.7 Å². The minimum Gasteiger partial charge on any atom is -0.462 e. The number of aldehydes is 1. The van der Waals surface area contributed by atoms with Crippen molar-refractivity contribution < 1.29 is 41.0 Å². The van der Waals surface area contributed by atoms with Crippen LogP contribution in [0, 0.1) is 0 Å². The number of benzene rings is 2. The molecule has 7 nitrogen and oxygen atoms in total. The molecule has 0 aliphatic rings. The van der Waals surface area contributed by atoms with Crippen LogP contribution in [0.3, 0.4) is 0 Å². The molecule has 2 aromatic carbocycles. The van der Waals surface area contributed by atoms with Gasteiger partial charge in [-0.1, -0.05) is 34.1 Å². The Kier molecular flexibility index (Phi) is 7.82. The number of pyridine rings is 1. The Hall–Kier alpha value is -4.13. The fourth-order valence-corrected chi connectivity index (χ4v) is 4.08. The topological polar surface area (TPSA) is 83.3 Å². The molecule has 0 N–H and O–H groups in total. The van der Waals surface area contributed by atoms with Gasteiger partial charge in [-0.05, 0) is 49.4 Å². The summed E-state index contributed by atoms with van der Waals surface area (Å²) in [6.45, 7) is 1.30. The van der Waals surface area contributed by atoms with Gasteiger partial charge in [-0.25, -0.2) is 14.5 Å². The lowest BCUT2D eigenvalue weighted by Crippen LogP contribution is -2.24. The average molecular weight is 610 g/mol. The van der Waals surface area contributed by atoms with Crippen LogP contribution in [0.2, 0.25) is 0 Å². The summed E-state index contributed by atoms with van der Waals surface area (Å²) in [7, 11) is 0. The molecule has 0 amide bonds. The summed E-state index contributed by atoms with van der Waals surface area (Å²) in [6, 6.07) is 13.0. The van der Waals surface area contributed by atoms with E-state index in [1.54, 1.807) is 0 Å². The molecule has 202 valence electrons. The third-order valence-corrected chi connectivity index (χ3v) is 5.83. The molecule has 0 unspecified atom stereocenters. The van der Waals surface area contributed by atoms with Gasteiger partial charge in [0, 0.05) is 15.6 Å². The van der Waals surface area contributed by atoms with E-state index in [1.165, 1.54) is 61.5 Å². The number of hydrogen-bond donors (Lipinski definition) is 0. The zero-order valence-corrected chi connectivity index (χ0v) is 21.5. The number of para-hydroxylation sites is 1. The van der Waals surface area contributed by atoms with Crippen LogP contribution in [-0.4, -0.2) is 33.6 Å². The van der Waals surface area contributed by atoms with Crippen molar-refractivity contribution in [2.24, 2.45) is 0 Å². The standard InChI is InChI=1S/C26H17BrF5N3O4/c1-2-38-24(37)18-13-33-35(23(18)25(28,29)30)22-9-5-7-20(34-22)17-6-3-4-8-21(17)39-26(31,32)19-11-10-16(27)12-15(19)14-36/h3-14H,2H2,1H3. The van der Waals surface area contributed by atoms with E-state index in [9.17, 15) is 22.8 Å². The van der Waals surface area contributed by atoms with E-state index < -0.39 is 35.1 Å². The Balaban J connectivity index is 1.77. The molecule has 0 aliphatic heterocycles. The van der Waals surface area contributed by atoms with Crippen molar-refractivity contribution in [1.29, 1.82) is 0 Å². The Morgan fingerprint density at radius 2 is 1.79 bits per heavy atom. The number of halogens is 6. The first kappa shape index (κ1) is 27.9. The first-order valence-corrected chi connectivity index (χ1v) is 12.0. The van der Waals surface area contributed by atoms with Crippen molar-refractivity contribution >= 4 is 28.2 Å². The Morgan fingerprint density at radius 1 is 1.05 bits per heavy atom. The fraction of sp³-hybridized carbons (Fsp3) is 0.154. The monoisotopic (exact) mass is 609 g/mol. The summed E-state index contributed by atoms with van der Waals surface area (Å²) < 4.78 is 82.7. The normalized spacial score (nSPS) is 11.8. The summed E-state index contributed by atoms with van der Waals surface area (Å²) in [5, 5.41) is 3.68. The van der Waals surface area contributed by atoms with Gasteiger partial charge in [0.15, 0.2) is 17.8 Å². The van der Waals surface area contributed by atoms with Gasteiger partial charge in [-0.2, -0.15) is 27.1 Å². The number of nitrogens with zero attached hydrogens (tertiary/aromatic N) is 3. The highest BCUT2D eigenvalue weighted by molar-refractivity contribution is 9.10. The smallest absolute Gasteiger partial charge is 0.434 e. The average Bonchev–Trinajstić information content (AvgIpc) is 3.35. The molecule has 0 saturated heterocycles. The Morgan fingerprint density at radius 3 is 2.49 bits per heavy atom. The van der Waals surface area contributed by atoms with E-state index in [2.05, 4.69) is 26.0 Å². The van der Waals surface area contributed by atoms with Crippen LogP contribution in [0.1, 0.15) is 38.9 Å². The second kappa shape index (κ2) is 10.9. The van der Waals surface area contributed by atoms with E-state index in [4.69, 9.17) is 9.47 Å². The molecule has 39 heavy (non-hydrogen) atoms. The second-order valence-corrected chi connectivity index (χ2v) is 8.80. The summed E-state index contributed by atoms with van der Waals surface area (Å²) in [5.41, 5.74) is -3.20. The van der Waals surface area contributed by atoms with Gasteiger partial charge in [-0.3, -0.25) is 4.79 Å². The quantitative estimate of drug-likeness (QED) is 0.124. The predicted octanol–water partition coefficient (Wildman–Crippen LogP) is 6.83. The highest BCUT2D eigenvalue weighted by Gasteiger charge is 2.41. The number of esters is 1. The predicted molar refractivity (Wildman–Crippen MR) is 132 cm³/mol. The third-order valence-electron chi connectivity index (χ3n) is 5.34. The van der Waals surface area contributed by atoms with Gasteiger partial charge >= 0.3 is 18.3 Å². The van der Waals surface area contributed by atoms with E-state index >= 15 is 8.78 Å². The molecule has 0 spiro atoms. The zero-order valence-electron chi connectivity index (χ0n) is 19.9. The molecular formula is C26H17BrF5N3O4. The second-order valence-electron chi connectivity index (χ2n) is 7.88. The third kappa shape index (κ3) is 5.82. The minimum atomic E-state index is -5.00. The minimum absolute atomic E-state index is 0.0216. The number of ether oxygens (including phenoxy) is 2. The van der Waals surface area contributed by atoms with Crippen molar-refractivity contribution in [2.75, 3.05) is 6.61 Å². The lowest BCUT2D eigenvalue weighted by atomic mass is 10.1. The summed E-state index contributed by atoms with van der Waals surface area (Å²) in [6.07, 6.45) is -7.97. The van der Waals surface area contributed by atoms with Crippen LogP contribution in [-0.2, 0) is 17.0 Å². The van der Waals surface area contributed by atoms with E-state index in [-0.39, 0.29) is 41.3 Å². The number of carbonyl (C=O) groups is 2. The largest absolute Gasteiger partial charge is 0.462 e. The summed E-state index contributed by atoms with van der Waals surface area (Å²) in [4.78, 5) is 27.7. The molecule has 2 heterocycles. The number of hydrogen-bond acceptors (Lipinski definition) is 6. The highest BCUT2D eigenvalue weighted by Crippen LogP contribution is 2.39. The van der Waals surface area contributed by atoms with Crippen molar-refractivity contribution in [3.8, 4) is 22.8 Å². The molecule has 0 saturated carbocycles. The van der Waals surface area contributed by atoms with Gasteiger partial charge < -0.3 is 9.47 Å². The molecule has 13 heteroatoms. The summed E-state index contributed by atoms with van der Waals surface area (Å²) >= 11 is 3.12. The van der Waals surface area contributed by atoms with Crippen molar-refractivity contribution in [1.82, 2.24) is 14.8 Å². The van der Waals surface area contributed by atoms with Crippen LogP contribution < -0.4 is 4.74 Å². The van der Waals surface area contributed by atoms with Gasteiger partial charge in [0.1, 0.15) is 11.3 Å². The molecular weight excluding hydrogens is 593 g/mol. The Bertz CT molecular complexity index is 1540. The molecule has 4 rings (SSSR count). The molecule has 4 aromatic rings. The number of rotatable bonds is 8. The maximum absolute atomic E-state index is 15.2. The maximum Gasteiger partial charge on any atom is 0.434 e. The van der Waals surface area contributed by atoms with Crippen LogP contribution in [0.15, 0.2) is 71.3 Å². The van der Waals surface area contributed by atoms with Gasteiger partial charge in [0.2, 0.25) is 0 Å². The van der Waals surface area contributed by atoms with Gasteiger partial charge in [0.05, 0.1) is 24.1 Å². The molecule has 0 aliphatic carbocycles.